The summed E-state index contributed by atoms with van der Waals surface area (Å²) >= 11 is 0. The Morgan fingerprint density at radius 1 is 0.371 bits per heavy atom. The number of para-hydroxylation sites is 4. The van der Waals surface area contributed by atoms with Gasteiger partial charge < -0.3 is 14.7 Å². The van der Waals surface area contributed by atoms with Gasteiger partial charge in [-0.25, -0.2) is 8.78 Å². The SMILES string of the molecule is CC1(C)c2cc(N(c3ccccc3)c3ccccc3)ccc2N(c2ccc3c(c2)C(C)(C)c2ccc(-c4cc(F)c(C#N)c(F)c4)cc2C3(C)C)c2ccc(N(c3ccccc3)c3ccccc3)cc21. The highest BCUT2D eigenvalue weighted by molar-refractivity contribution is 5.91. The number of halogens is 2. The average molecular weight is 915 g/mol. The van der Waals surface area contributed by atoms with Gasteiger partial charge in [0.05, 0.1) is 11.4 Å². The summed E-state index contributed by atoms with van der Waals surface area (Å²) in [4.78, 5) is 7.12. The van der Waals surface area contributed by atoms with Crippen LogP contribution in [0.5, 0.6) is 0 Å². The van der Waals surface area contributed by atoms with E-state index < -0.39 is 33.4 Å². The summed E-state index contributed by atoms with van der Waals surface area (Å²) in [5.41, 5.74) is 15.9. The van der Waals surface area contributed by atoms with Gasteiger partial charge in [-0.3, -0.25) is 0 Å². The number of benzene rings is 9. The Balaban J connectivity index is 1.10. The number of nitrogens with zero attached hydrogens (tertiary/aromatic N) is 4. The zero-order chi connectivity index (χ0) is 48.5. The molecule has 0 atom stereocenters. The van der Waals surface area contributed by atoms with Gasteiger partial charge in [0.25, 0.3) is 0 Å². The van der Waals surface area contributed by atoms with Gasteiger partial charge in [0.15, 0.2) is 0 Å². The first-order valence-corrected chi connectivity index (χ1v) is 23.9. The molecule has 0 fully saturated rings. The van der Waals surface area contributed by atoms with Crippen molar-refractivity contribution in [2.24, 2.45) is 0 Å². The number of fused-ring (bicyclic) bond motifs is 4. The minimum atomic E-state index is -0.862. The molecule has 1 aliphatic carbocycles. The van der Waals surface area contributed by atoms with Gasteiger partial charge in [0, 0.05) is 56.1 Å². The lowest BCUT2D eigenvalue weighted by molar-refractivity contribution is 0.521. The summed E-state index contributed by atoms with van der Waals surface area (Å²) in [7, 11) is 0. The lowest BCUT2D eigenvalue weighted by Crippen LogP contribution is -2.37. The van der Waals surface area contributed by atoms with E-state index in [9.17, 15) is 14.0 Å². The molecule has 0 aromatic heterocycles. The summed E-state index contributed by atoms with van der Waals surface area (Å²) < 4.78 is 29.9. The molecular weight excluding hydrogens is 863 g/mol. The molecule has 0 saturated carbocycles. The summed E-state index contributed by atoms with van der Waals surface area (Å²) in [5.74, 6) is -1.72. The van der Waals surface area contributed by atoms with E-state index in [2.05, 4.69) is 244 Å². The van der Waals surface area contributed by atoms with Crippen LogP contribution >= 0.6 is 0 Å². The normalized spacial score (nSPS) is 14.6. The molecule has 6 heteroatoms. The van der Waals surface area contributed by atoms with Gasteiger partial charge in [0.1, 0.15) is 23.3 Å². The molecule has 70 heavy (non-hydrogen) atoms. The molecule has 0 saturated heterocycles. The minimum absolute atomic E-state index is 0.398. The Morgan fingerprint density at radius 2 is 0.757 bits per heavy atom. The first-order chi connectivity index (χ1) is 33.8. The van der Waals surface area contributed by atoms with Crippen molar-refractivity contribution in [2.75, 3.05) is 14.7 Å². The van der Waals surface area contributed by atoms with Gasteiger partial charge in [-0.05, 0) is 160 Å². The second-order valence-corrected chi connectivity index (χ2v) is 20.0. The van der Waals surface area contributed by atoms with E-state index in [1.807, 2.05) is 6.07 Å². The number of rotatable bonds is 8. The molecule has 1 aliphatic heterocycles. The van der Waals surface area contributed by atoms with Crippen molar-refractivity contribution < 1.29 is 8.78 Å². The first kappa shape index (κ1) is 44.2. The van der Waals surface area contributed by atoms with E-state index in [0.717, 1.165) is 62.3 Å². The van der Waals surface area contributed by atoms with Crippen molar-refractivity contribution in [3.63, 3.8) is 0 Å². The fraction of sp³-hybridized carbons (Fsp3) is 0.141. The number of anilines is 9. The summed E-state index contributed by atoms with van der Waals surface area (Å²) in [6.07, 6.45) is 0. The third-order valence-corrected chi connectivity index (χ3v) is 14.8. The monoisotopic (exact) mass is 914 g/mol. The van der Waals surface area contributed by atoms with Crippen molar-refractivity contribution in [2.45, 2.75) is 57.8 Å². The Bertz CT molecular complexity index is 3270. The van der Waals surface area contributed by atoms with Crippen LogP contribution in [0.1, 0.15) is 80.5 Å². The van der Waals surface area contributed by atoms with Gasteiger partial charge in [-0.15, -0.1) is 0 Å². The number of nitriles is 1. The van der Waals surface area contributed by atoms with E-state index in [1.165, 1.54) is 34.4 Å². The van der Waals surface area contributed by atoms with Crippen LogP contribution in [0.25, 0.3) is 11.1 Å². The topological polar surface area (TPSA) is 33.5 Å². The molecule has 9 aromatic rings. The third-order valence-electron chi connectivity index (χ3n) is 14.8. The lowest BCUT2D eigenvalue weighted by atomic mass is 9.59. The Hall–Kier alpha value is -8.27. The van der Waals surface area contributed by atoms with Crippen molar-refractivity contribution >= 4 is 51.2 Å². The van der Waals surface area contributed by atoms with Crippen LogP contribution < -0.4 is 14.7 Å². The van der Waals surface area contributed by atoms with Gasteiger partial charge in [-0.1, -0.05) is 133 Å². The highest BCUT2D eigenvalue weighted by atomic mass is 19.1. The molecule has 9 aromatic carbocycles. The van der Waals surface area contributed by atoms with Crippen LogP contribution in [0.3, 0.4) is 0 Å². The third kappa shape index (κ3) is 7.15. The Labute approximate surface area is 410 Å². The first-order valence-electron chi connectivity index (χ1n) is 23.9. The standard InChI is InChI=1S/C64H52F2N4/c1-62(2)53-32-28-50(38-55(53)63(3,4)52-31-27-42(35-54(52)62)43-36-58(65)51(41-67)59(66)37-43)70-60-33-29-48(68(44-19-11-7-12-20-44)45-21-13-8-14-22-45)39-56(60)64(5,6)57-40-49(30-34-61(57)70)69(46-23-15-9-16-24-46)47-25-17-10-18-26-47/h7-40H,1-6H3. The zero-order valence-corrected chi connectivity index (χ0v) is 40.2. The smallest absolute Gasteiger partial charge is 0.144 e. The maximum Gasteiger partial charge on any atom is 0.144 e. The molecule has 0 N–H and O–H groups in total. The van der Waals surface area contributed by atoms with Gasteiger partial charge in [0.2, 0.25) is 0 Å². The van der Waals surface area contributed by atoms with Gasteiger partial charge in [-0.2, -0.15) is 5.26 Å². The van der Waals surface area contributed by atoms with E-state index in [4.69, 9.17) is 0 Å². The van der Waals surface area contributed by atoms with Crippen molar-refractivity contribution in [3.05, 3.63) is 257 Å². The molecular formula is C64H52F2N4. The fourth-order valence-corrected chi connectivity index (χ4v) is 11.1. The number of hydrogen-bond acceptors (Lipinski definition) is 4. The average Bonchev–Trinajstić information content (AvgIpc) is 3.37. The molecule has 11 rings (SSSR count). The zero-order valence-electron chi connectivity index (χ0n) is 40.2. The van der Waals surface area contributed by atoms with Gasteiger partial charge >= 0.3 is 0 Å². The van der Waals surface area contributed by atoms with E-state index in [1.54, 1.807) is 6.07 Å². The molecule has 0 radical (unpaired) electrons. The molecule has 0 spiro atoms. The van der Waals surface area contributed by atoms with Crippen molar-refractivity contribution in [1.82, 2.24) is 0 Å². The molecule has 0 unspecified atom stereocenters. The van der Waals surface area contributed by atoms with E-state index in [-0.39, 0.29) is 0 Å². The maximum atomic E-state index is 14.9. The van der Waals surface area contributed by atoms with Crippen LogP contribution in [0, 0.1) is 23.0 Å². The van der Waals surface area contributed by atoms with Crippen molar-refractivity contribution in [3.8, 4) is 17.2 Å². The minimum Gasteiger partial charge on any atom is -0.310 e. The Kier molecular flexibility index (Phi) is 10.6. The predicted molar refractivity (Wildman–Crippen MR) is 283 cm³/mol. The highest BCUT2D eigenvalue weighted by Crippen LogP contribution is 2.57. The lowest BCUT2D eigenvalue weighted by Gasteiger charge is -2.46. The molecule has 0 amide bonds. The summed E-state index contributed by atoms with van der Waals surface area (Å²) in [6.45, 7) is 13.7. The van der Waals surface area contributed by atoms with E-state index in [0.29, 0.717) is 11.1 Å². The van der Waals surface area contributed by atoms with E-state index >= 15 is 0 Å². The van der Waals surface area contributed by atoms with Crippen LogP contribution in [0.4, 0.5) is 60.0 Å². The number of hydrogen-bond donors (Lipinski definition) is 0. The Morgan fingerprint density at radius 3 is 1.17 bits per heavy atom. The molecule has 1 heterocycles. The van der Waals surface area contributed by atoms with Crippen LogP contribution in [-0.2, 0) is 16.2 Å². The van der Waals surface area contributed by atoms with Crippen molar-refractivity contribution in [1.29, 1.82) is 5.26 Å². The highest BCUT2D eigenvalue weighted by Gasteiger charge is 2.44. The summed E-state index contributed by atoms with van der Waals surface area (Å²) in [6, 6.07) is 73.3. The molecule has 342 valence electrons. The second-order valence-electron chi connectivity index (χ2n) is 20.0. The molecule has 2 aliphatic rings. The maximum absolute atomic E-state index is 14.9. The fourth-order valence-electron chi connectivity index (χ4n) is 11.1. The summed E-state index contributed by atoms with van der Waals surface area (Å²) in [5, 5.41) is 9.34. The van der Waals surface area contributed by atoms with Crippen LogP contribution in [0.15, 0.2) is 206 Å². The second kappa shape index (κ2) is 16.8. The molecule has 4 nitrogen and oxygen atoms in total. The largest absolute Gasteiger partial charge is 0.310 e. The predicted octanol–water partition coefficient (Wildman–Crippen LogP) is 17.5. The quantitative estimate of drug-likeness (QED) is 0.152. The molecule has 0 bridgehead atoms. The van der Waals surface area contributed by atoms with Crippen LogP contribution in [-0.4, -0.2) is 0 Å². The van der Waals surface area contributed by atoms with Crippen LogP contribution in [0.2, 0.25) is 0 Å².